The number of aromatic nitrogens is 2. The highest BCUT2D eigenvalue weighted by Crippen LogP contribution is 2.34. The van der Waals surface area contributed by atoms with Crippen molar-refractivity contribution in [1.29, 1.82) is 0 Å². The van der Waals surface area contributed by atoms with E-state index >= 15 is 0 Å². The number of rotatable bonds is 4. The molecule has 5 nitrogen and oxygen atoms in total. The topological polar surface area (TPSA) is 53.3 Å². The molecule has 0 aliphatic rings. The third-order valence-corrected chi connectivity index (χ3v) is 3.12. The molecule has 0 aliphatic carbocycles. The minimum atomic E-state index is 0.406. The molecule has 0 atom stereocenters. The SMILES string of the molecule is COc1ccc(-c2c(C=O)nc(C)n2C)c(OC)c1. The zero-order valence-corrected chi connectivity index (χ0v) is 11.4. The zero-order chi connectivity index (χ0) is 14.0. The lowest BCUT2D eigenvalue weighted by Gasteiger charge is -2.11. The third kappa shape index (κ3) is 2.19. The Bertz CT molecular complexity index is 617. The second-order valence-electron chi connectivity index (χ2n) is 4.14. The Labute approximate surface area is 111 Å². The average Bonchev–Trinajstić information content (AvgIpc) is 2.73. The third-order valence-electron chi connectivity index (χ3n) is 3.12. The van der Waals surface area contributed by atoms with Crippen LogP contribution in [-0.2, 0) is 7.05 Å². The van der Waals surface area contributed by atoms with Gasteiger partial charge in [0.2, 0.25) is 0 Å². The van der Waals surface area contributed by atoms with Crippen molar-refractivity contribution >= 4 is 6.29 Å². The van der Waals surface area contributed by atoms with Crippen LogP contribution >= 0.6 is 0 Å². The van der Waals surface area contributed by atoms with E-state index in [4.69, 9.17) is 9.47 Å². The van der Waals surface area contributed by atoms with E-state index < -0.39 is 0 Å². The number of aldehydes is 1. The van der Waals surface area contributed by atoms with Crippen molar-refractivity contribution in [2.24, 2.45) is 7.05 Å². The molecule has 0 unspecified atom stereocenters. The van der Waals surface area contributed by atoms with Gasteiger partial charge >= 0.3 is 0 Å². The molecule has 0 radical (unpaired) electrons. The molecule has 0 amide bonds. The Morgan fingerprint density at radius 3 is 2.58 bits per heavy atom. The fourth-order valence-electron chi connectivity index (χ4n) is 2.03. The lowest BCUT2D eigenvalue weighted by Crippen LogP contribution is -1.98. The number of aryl methyl sites for hydroxylation is 1. The van der Waals surface area contributed by atoms with E-state index in [1.54, 1.807) is 20.3 Å². The van der Waals surface area contributed by atoms with Gasteiger partial charge in [-0.3, -0.25) is 4.79 Å². The number of carbonyl (C=O) groups is 1. The monoisotopic (exact) mass is 260 g/mol. The van der Waals surface area contributed by atoms with Crippen LogP contribution in [0, 0.1) is 6.92 Å². The van der Waals surface area contributed by atoms with Crippen LogP contribution in [0.1, 0.15) is 16.3 Å². The first-order chi connectivity index (χ1) is 9.12. The number of hydrogen-bond acceptors (Lipinski definition) is 4. The fraction of sp³-hybridized carbons (Fsp3) is 0.286. The standard InChI is InChI=1S/C14H16N2O3/c1-9-15-12(8-17)14(16(9)2)11-6-5-10(18-3)7-13(11)19-4/h5-8H,1-4H3. The van der Waals surface area contributed by atoms with Crippen molar-refractivity contribution < 1.29 is 14.3 Å². The van der Waals surface area contributed by atoms with Crippen molar-refractivity contribution in [3.8, 4) is 22.8 Å². The van der Waals surface area contributed by atoms with Crippen LogP contribution in [0.2, 0.25) is 0 Å². The smallest absolute Gasteiger partial charge is 0.170 e. The normalized spacial score (nSPS) is 10.3. The zero-order valence-electron chi connectivity index (χ0n) is 11.4. The van der Waals surface area contributed by atoms with Gasteiger partial charge in [0.05, 0.1) is 19.9 Å². The number of benzene rings is 1. The predicted octanol–water partition coefficient (Wildman–Crippen LogP) is 2.23. The largest absolute Gasteiger partial charge is 0.497 e. The van der Waals surface area contributed by atoms with Crippen molar-refractivity contribution in [2.75, 3.05) is 14.2 Å². The molecule has 0 N–H and O–H groups in total. The number of hydrogen-bond donors (Lipinski definition) is 0. The summed E-state index contributed by atoms with van der Waals surface area (Å²) in [6.45, 7) is 1.85. The first-order valence-corrected chi connectivity index (χ1v) is 5.83. The summed E-state index contributed by atoms with van der Waals surface area (Å²) in [6, 6.07) is 5.47. The molecule has 2 aromatic rings. The molecule has 1 aromatic carbocycles. The Kier molecular flexibility index (Phi) is 3.55. The van der Waals surface area contributed by atoms with E-state index in [-0.39, 0.29) is 0 Å². The van der Waals surface area contributed by atoms with Gasteiger partial charge in [-0.1, -0.05) is 0 Å². The van der Waals surface area contributed by atoms with E-state index in [1.165, 1.54) is 0 Å². The Hall–Kier alpha value is -2.30. The number of nitrogens with zero attached hydrogens (tertiary/aromatic N) is 2. The molecule has 2 rings (SSSR count). The Morgan fingerprint density at radius 2 is 2.00 bits per heavy atom. The molecule has 0 spiro atoms. The second-order valence-corrected chi connectivity index (χ2v) is 4.14. The summed E-state index contributed by atoms with van der Waals surface area (Å²) in [4.78, 5) is 15.4. The van der Waals surface area contributed by atoms with Gasteiger partial charge in [0.25, 0.3) is 0 Å². The van der Waals surface area contributed by atoms with Crippen molar-refractivity contribution in [1.82, 2.24) is 9.55 Å². The maximum atomic E-state index is 11.1. The maximum Gasteiger partial charge on any atom is 0.170 e. The van der Waals surface area contributed by atoms with Crippen LogP contribution < -0.4 is 9.47 Å². The van der Waals surface area contributed by atoms with Crippen LogP contribution in [0.25, 0.3) is 11.3 Å². The summed E-state index contributed by atoms with van der Waals surface area (Å²) in [7, 11) is 5.05. The van der Waals surface area contributed by atoms with Crippen LogP contribution in [0.3, 0.4) is 0 Å². The second kappa shape index (κ2) is 5.14. The minimum absolute atomic E-state index is 0.406. The molecule has 5 heteroatoms. The summed E-state index contributed by atoms with van der Waals surface area (Å²) >= 11 is 0. The van der Waals surface area contributed by atoms with Gasteiger partial charge in [0.15, 0.2) is 6.29 Å². The molecule has 1 heterocycles. The van der Waals surface area contributed by atoms with Crippen LogP contribution in [0.15, 0.2) is 18.2 Å². The van der Waals surface area contributed by atoms with Gasteiger partial charge in [-0.15, -0.1) is 0 Å². The van der Waals surface area contributed by atoms with Crippen LogP contribution in [0.4, 0.5) is 0 Å². The van der Waals surface area contributed by atoms with Crippen molar-refractivity contribution in [3.63, 3.8) is 0 Å². The van der Waals surface area contributed by atoms with Crippen LogP contribution in [0.5, 0.6) is 11.5 Å². The van der Waals surface area contributed by atoms with E-state index in [0.717, 1.165) is 23.4 Å². The highest BCUT2D eigenvalue weighted by atomic mass is 16.5. The van der Waals surface area contributed by atoms with E-state index in [1.807, 2.05) is 30.7 Å². The molecule has 0 bridgehead atoms. The van der Waals surface area contributed by atoms with Gasteiger partial charge in [0, 0.05) is 18.7 Å². The van der Waals surface area contributed by atoms with Crippen molar-refractivity contribution in [2.45, 2.75) is 6.92 Å². The molecule has 0 saturated heterocycles. The average molecular weight is 260 g/mol. The quantitative estimate of drug-likeness (QED) is 0.791. The lowest BCUT2D eigenvalue weighted by molar-refractivity contribution is 0.112. The van der Waals surface area contributed by atoms with E-state index in [9.17, 15) is 4.79 Å². The van der Waals surface area contributed by atoms with Crippen molar-refractivity contribution in [3.05, 3.63) is 29.7 Å². The minimum Gasteiger partial charge on any atom is -0.497 e. The Balaban J connectivity index is 2.68. The summed E-state index contributed by atoms with van der Waals surface area (Å²) < 4.78 is 12.4. The number of methoxy groups -OCH3 is 2. The van der Waals surface area contributed by atoms with E-state index in [2.05, 4.69) is 4.98 Å². The molecule has 19 heavy (non-hydrogen) atoms. The summed E-state index contributed by atoms with van der Waals surface area (Å²) in [5, 5.41) is 0. The van der Waals surface area contributed by atoms with Crippen LogP contribution in [-0.4, -0.2) is 30.1 Å². The van der Waals surface area contributed by atoms with Gasteiger partial charge in [-0.2, -0.15) is 0 Å². The summed E-state index contributed by atoms with van der Waals surface area (Å²) in [5.74, 6) is 2.12. The summed E-state index contributed by atoms with van der Waals surface area (Å²) in [5.41, 5.74) is 1.96. The first kappa shape index (κ1) is 13.1. The van der Waals surface area contributed by atoms with Gasteiger partial charge in [-0.25, -0.2) is 4.98 Å². The summed E-state index contributed by atoms with van der Waals surface area (Å²) in [6.07, 6.45) is 0.756. The maximum absolute atomic E-state index is 11.1. The highest BCUT2D eigenvalue weighted by molar-refractivity contribution is 5.86. The number of ether oxygens (including phenoxy) is 2. The molecular formula is C14H16N2O3. The van der Waals surface area contributed by atoms with Gasteiger partial charge < -0.3 is 14.0 Å². The van der Waals surface area contributed by atoms with Gasteiger partial charge in [0.1, 0.15) is 23.0 Å². The molecule has 0 saturated carbocycles. The fourth-order valence-corrected chi connectivity index (χ4v) is 2.03. The number of carbonyl (C=O) groups excluding carboxylic acids is 1. The molecule has 100 valence electrons. The molecule has 0 fully saturated rings. The molecular weight excluding hydrogens is 244 g/mol. The first-order valence-electron chi connectivity index (χ1n) is 5.83. The lowest BCUT2D eigenvalue weighted by atomic mass is 10.1. The predicted molar refractivity (Wildman–Crippen MR) is 71.9 cm³/mol. The Morgan fingerprint density at radius 1 is 1.26 bits per heavy atom. The molecule has 0 aliphatic heterocycles. The van der Waals surface area contributed by atoms with E-state index in [0.29, 0.717) is 17.2 Å². The highest BCUT2D eigenvalue weighted by Gasteiger charge is 2.17. The number of imidazole rings is 1. The van der Waals surface area contributed by atoms with Gasteiger partial charge in [-0.05, 0) is 19.1 Å². The molecule has 1 aromatic heterocycles.